The Kier molecular flexibility index (Phi) is 31.5. The number of anilines is 2. The van der Waals surface area contributed by atoms with Gasteiger partial charge in [-0.3, -0.25) is 0 Å². The first-order valence-electron chi connectivity index (χ1n) is 21.0. The van der Waals surface area contributed by atoms with E-state index in [1.807, 2.05) is 43.4 Å². The van der Waals surface area contributed by atoms with Gasteiger partial charge < -0.3 is 21.3 Å². The summed E-state index contributed by atoms with van der Waals surface area (Å²) in [5.41, 5.74) is 2.14. The lowest BCUT2D eigenvalue weighted by molar-refractivity contribution is 0.254. The van der Waals surface area contributed by atoms with Crippen LogP contribution in [-0.4, -0.2) is 12.1 Å². The van der Waals surface area contributed by atoms with Crippen LogP contribution < -0.4 is 21.3 Å². The average Bonchev–Trinajstić information content (AvgIpc) is 3.12. The molecule has 4 N–H and O–H groups in total. The number of carbonyl (C=O) groups is 2. The molecule has 0 aromatic heterocycles. The summed E-state index contributed by atoms with van der Waals surface area (Å²) in [6.45, 7) is 6.46. The molecule has 6 heteroatoms. The van der Waals surface area contributed by atoms with Crippen LogP contribution in [0.4, 0.5) is 21.0 Å². The van der Waals surface area contributed by atoms with Gasteiger partial charge in [-0.25, -0.2) is 9.59 Å². The normalized spacial score (nSPS) is 11.7. The van der Waals surface area contributed by atoms with Gasteiger partial charge in [0.2, 0.25) is 0 Å². The van der Waals surface area contributed by atoms with Gasteiger partial charge in [0.1, 0.15) is 0 Å². The molecule has 4 amide bonds. The molecular weight excluding hydrogens is 629 g/mol. The maximum atomic E-state index is 12.4. The minimum Gasteiger partial charge on any atom is -0.314 e. The number of urea groups is 2. The molecule has 0 radical (unpaired) electrons. The van der Waals surface area contributed by atoms with Gasteiger partial charge in [-0.05, 0) is 62.5 Å². The standard InChI is InChI=1S/C45H76N4O2/c1-4-6-8-10-12-14-16-18-20-22-24-26-28-30-32-34-38-46-44(50)48-42-37-36-41(3)43(40-42)49-45(51)47-39-35-33-31-29-27-25-23-21-19-17-15-13-11-9-7-5-2/h30-40H,4-29H2,1-3H3,(H2,46,48,50)(H2,47,49,51). The quantitative estimate of drug-likeness (QED) is 0.0445. The summed E-state index contributed by atoms with van der Waals surface area (Å²) < 4.78 is 0. The molecule has 0 aliphatic rings. The number of hydrogen-bond acceptors (Lipinski definition) is 2. The van der Waals surface area contributed by atoms with E-state index in [1.54, 1.807) is 18.5 Å². The molecule has 288 valence electrons. The molecule has 0 aliphatic carbocycles. The van der Waals surface area contributed by atoms with E-state index in [0.717, 1.165) is 18.4 Å². The lowest BCUT2D eigenvalue weighted by atomic mass is 10.0. The molecule has 0 fully saturated rings. The Hall–Kier alpha value is -3.28. The van der Waals surface area contributed by atoms with Crippen LogP contribution in [0.25, 0.3) is 0 Å². The zero-order chi connectivity index (χ0) is 36.9. The molecular formula is C45H76N4O2. The molecule has 6 nitrogen and oxygen atoms in total. The Morgan fingerprint density at radius 2 is 0.863 bits per heavy atom. The van der Waals surface area contributed by atoms with Crippen molar-refractivity contribution in [1.29, 1.82) is 0 Å². The summed E-state index contributed by atoms with van der Waals surface area (Å²) in [6.07, 6.45) is 50.0. The number of unbranched alkanes of at least 4 members (excludes halogenated alkanes) is 24. The molecule has 0 saturated heterocycles. The number of allylic oxidation sites excluding steroid dienone is 6. The van der Waals surface area contributed by atoms with Gasteiger partial charge in [-0.1, -0.05) is 185 Å². The fourth-order valence-corrected chi connectivity index (χ4v) is 6.07. The van der Waals surface area contributed by atoms with Crippen LogP contribution in [0.15, 0.2) is 67.1 Å². The Bertz CT molecular complexity index is 1110. The van der Waals surface area contributed by atoms with Crippen molar-refractivity contribution in [2.45, 2.75) is 188 Å². The number of carbonyl (C=O) groups excluding carboxylic acids is 2. The molecule has 0 saturated carbocycles. The van der Waals surface area contributed by atoms with Gasteiger partial charge >= 0.3 is 12.1 Å². The monoisotopic (exact) mass is 705 g/mol. The Morgan fingerprint density at radius 1 is 0.490 bits per heavy atom. The first-order valence-corrected chi connectivity index (χ1v) is 21.0. The van der Waals surface area contributed by atoms with E-state index in [0.29, 0.717) is 11.4 Å². The summed E-state index contributed by atoms with van der Waals surface area (Å²) in [5.74, 6) is 0. The van der Waals surface area contributed by atoms with Crippen molar-refractivity contribution in [3.63, 3.8) is 0 Å². The first-order chi connectivity index (χ1) is 25.1. The van der Waals surface area contributed by atoms with Gasteiger partial charge in [0.05, 0.1) is 0 Å². The number of aryl methyl sites for hydroxylation is 1. The number of hydrogen-bond donors (Lipinski definition) is 4. The van der Waals surface area contributed by atoms with Crippen molar-refractivity contribution >= 4 is 23.4 Å². The third-order valence-corrected chi connectivity index (χ3v) is 9.31. The van der Waals surface area contributed by atoms with E-state index in [9.17, 15) is 9.59 Å². The van der Waals surface area contributed by atoms with Crippen LogP contribution in [0.3, 0.4) is 0 Å². The van der Waals surface area contributed by atoms with E-state index in [2.05, 4.69) is 47.3 Å². The summed E-state index contributed by atoms with van der Waals surface area (Å²) in [5, 5.41) is 11.2. The average molecular weight is 705 g/mol. The van der Waals surface area contributed by atoms with Gasteiger partial charge in [0.15, 0.2) is 0 Å². The second-order valence-corrected chi connectivity index (χ2v) is 14.2. The van der Waals surface area contributed by atoms with Crippen LogP contribution >= 0.6 is 0 Å². The van der Waals surface area contributed by atoms with Crippen molar-refractivity contribution < 1.29 is 9.59 Å². The highest BCUT2D eigenvalue weighted by atomic mass is 16.2. The second-order valence-electron chi connectivity index (χ2n) is 14.2. The number of rotatable bonds is 32. The van der Waals surface area contributed by atoms with Crippen LogP contribution in [-0.2, 0) is 0 Å². The predicted octanol–water partition coefficient (Wildman–Crippen LogP) is 14.6. The van der Waals surface area contributed by atoms with E-state index in [4.69, 9.17) is 0 Å². The van der Waals surface area contributed by atoms with E-state index in [-0.39, 0.29) is 12.1 Å². The lowest BCUT2D eigenvalue weighted by Crippen LogP contribution is -2.25. The van der Waals surface area contributed by atoms with E-state index < -0.39 is 0 Å². The SMILES string of the molecule is CCCCCCCCCCCCCCC=CC=CNC(=O)Nc1ccc(C)c(NC(=O)NC=CC=CCCCCCCCCCCCCCC)c1. The Balaban J connectivity index is 2.12. The van der Waals surface area contributed by atoms with Crippen molar-refractivity contribution in [2.75, 3.05) is 10.6 Å². The molecule has 1 aromatic carbocycles. The highest BCUT2D eigenvalue weighted by Gasteiger charge is 2.06. The summed E-state index contributed by atoms with van der Waals surface area (Å²) in [4.78, 5) is 24.8. The fourth-order valence-electron chi connectivity index (χ4n) is 6.07. The van der Waals surface area contributed by atoms with Crippen LogP contribution in [0.1, 0.15) is 186 Å². The third-order valence-electron chi connectivity index (χ3n) is 9.31. The fraction of sp³-hybridized carbons (Fsp3) is 0.644. The maximum Gasteiger partial charge on any atom is 0.323 e. The summed E-state index contributed by atoms with van der Waals surface area (Å²) in [6, 6.07) is 4.78. The first kappa shape index (κ1) is 45.7. The Labute approximate surface area is 313 Å². The van der Waals surface area contributed by atoms with Crippen molar-refractivity contribution in [3.8, 4) is 0 Å². The van der Waals surface area contributed by atoms with Gasteiger partial charge in [0.25, 0.3) is 0 Å². The lowest BCUT2D eigenvalue weighted by Gasteiger charge is -2.11. The Morgan fingerprint density at radius 3 is 1.27 bits per heavy atom. The molecule has 0 unspecified atom stereocenters. The zero-order valence-corrected chi connectivity index (χ0v) is 33.1. The third kappa shape index (κ3) is 30.1. The molecule has 1 aromatic rings. The van der Waals surface area contributed by atoms with Crippen LogP contribution in [0, 0.1) is 6.92 Å². The number of benzene rings is 1. The van der Waals surface area contributed by atoms with E-state index in [1.165, 1.54) is 154 Å². The largest absolute Gasteiger partial charge is 0.323 e. The van der Waals surface area contributed by atoms with Gasteiger partial charge in [0, 0.05) is 23.8 Å². The summed E-state index contributed by atoms with van der Waals surface area (Å²) >= 11 is 0. The molecule has 0 atom stereocenters. The molecule has 0 heterocycles. The van der Waals surface area contributed by atoms with Gasteiger partial charge in [-0.15, -0.1) is 0 Å². The molecule has 0 spiro atoms. The zero-order valence-electron chi connectivity index (χ0n) is 33.1. The van der Waals surface area contributed by atoms with Crippen LogP contribution in [0.2, 0.25) is 0 Å². The molecule has 0 aliphatic heterocycles. The topological polar surface area (TPSA) is 82.3 Å². The van der Waals surface area contributed by atoms with Crippen LogP contribution in [0.5, 0.6) is 0 Å². The van der Waals surface area contributed by atoms with Crippen molar-refractivity contribution in [1.82, 2.24) is 10.6 Å². The number of nitrogens with one attached hydrogen (secondary N) is 4. The number of amides is 4. The highest BCUT2D eigenvalue weighted by molar-refractivity contribution is 5.94. The molecule has 0 bridgehead atoms. The minimum absolute atomic E-state index is 0.330. The van der Waals surface area contributed by atoms with Crippen molar-refractivity contribution in [3.05, 3.63) is 72.6 Å². The van der Waals surface area contributed by atoms with E-state index >= 15 is 0 Å². The molecule has 51 heavy (non-hydrogen) atoms. The minimum atomic E-state index is -0.335. The highest BCUT2D eigenvalue weighted by Crippen LogP contribution is 2.20. The second kappa shape index (κ2) is 35.1. The van der Waals surface area contributed by atoms with Crippen molar-refractivity contribution in [2.24, 2.45) is 0 Å². The predicted molar refractivity (Wildman–Crippen MR) is 223 cm³/mol. The molecule has 1 rings (SSSR count). The smallest absolute Gasteiger partial charge is 0.314 e. The van der Waals surface area contributed by atoms with Gasteiger partial charge in [-0.2, -0.15) is 0 Å². The maximum absolute atomic E-state index is 12.4. The summed E-state index contributed by atoms with van der Waals surface area (Å²) in [7, 11) is 0.